The van der Waals surface area contributed by atoms with E-state index in [9.17, 15) is 0 Å². The molecule has 0 bridgehead atoms. The van der Waals surface area contributed by atoms with Crippen molar-refractivity contribution in [2.24, 2.45) is 5.73 Å². The zero-order valence-corrected chi connectivity index (χ0v) is 12.6. The van der Waals surface area contributed by atoms with Gasteiger partial charge in [0.1, 0.15) is 17.2 Å². The zero-order chi connectivity index (χ0) is 14.6. The maximum Gasteiger partial charge on any atom is 0.131 e. The maximum atomic E-state index is 6.10. The van der Waals surface area contributed by atoms with E-state index in [0.29, 0.717) is 17.2 Å². The molecule has 0 spiro atoms. The Kier molecular flexibility index (Phi) is 5.44. The van der Waals surface area contributed by atoms with Crippen LogP contribution in [0.2, 0.25) is 0 Å². The standard InChI is InChI=1S/C14H24N2O3/c1-9(15)14(16(2)3)13-11(18-5)7-10(17-4)8-12(13)19-6/h7-9,14H,15H2,1-6H3. The van der Waals surface area contributed by atoms with E-state index >= 15 is 0 Å². The number of nitrogens with zero attached hydrogens (tertiary/aromatic N) is 1. The molecule has 0 saturated heterocycles. The second-order valence-corrected chi connectivity index (χ2v) is 4.71. The molecular formula is C14H24N2O3. The summed E-state index contributed by atoms with van der Waals surface area (Å²) in [5.41, 5.74) is 7.04. The Morgan fingerprint density at radius 1 is 1.00 bits per heavy atom. The van der Waals surface area contributed by atoms with E-state index in [1.807, 2.05) is 33.2 Å². The minimum Gasteiger partial charge on any atom is -0.496 e. The third-order valence-electron chi connectivity index (χ3n) is 3.10. The molecule has 5 nitrogen and oxygen atoms in total. The summed E-state index contributed by atoms with van der Waals surface area (Å²) >= 11 is 0. The summed E-state index contributed by atoms with van der Waals surface area (Å²) in [5, 5.41) is 0. The van der Waals surface area contributed by atoms with Gasteiger partial charge in [-0.2, -0.15) is 0 Å². The molecule has 0 heterocycles. The molecule has 1 aromatic rings. The Balaban J connectivity index is 3.45. The Labute approximate surface area is 115 Å². The van der Waals surface area contributed by atoms with Gasteiger partial charge in [-0.25, -0.2) is 0 Å². The number of likely N-dealkylation sites (N-methyl/N-ethyl adjacent to an activating group) is 1. The zero-order valence-electron chi connectivity index (χ0n) is 12.6. The van der Waals surface area contributed by atoms with E-state index in [-0.39, 0.29) is 12.1 Å². The van der Waals surface area contributed by atoms with Crippen molar-refractivity contribution < 1.29 is 14.2 Å². The first-order valence-electron chi connectivity index (χ1n) is 6.18. The number of hydrogen-bond acceptors (Lipinski definition) is 5. The molecule has 0 saturated carbocycles. The Morgan fingerprint density at radius 3 is 1.74 bits per heavy atom. The lowest BCUT2D eigenvalue weighted by molar-refractivity contribution is 0.248. The van der Waals surface area contributed by atoms with Crippen molar-refractivity contribution in [1.29, 1.82) is 0 Å². The molecule has 1 aromatic carbocycles. The van der Waals surface area contributed by atoms with Crippen LogP contribution in [0, 0.1) is 0 Å². The van der Waals surface area contributed by atoms with Gasteiger partial charge in [0, 0.05) is 18.2 Å². The summed E-state index contributed by atoms with van der Waals surface area (Å²) in [5.74, 6) is 2.12. The Hall–Kier alpha value is -1.46. The van der Waals surface area contributed by atoms with Gasteiger partial charge in [-0.05, 0) is 21.0 Å². The van der Waals surface area contributed by atoms with Crippen LogP contribution in [0.1, 0.15) is 18.5 Å². The van der Waals surface area contributed by atoms with Gasteiger partial charge in [0.15, 0.2) is 0 Å². The molecule has 19 heavy (non-hydrogen) atoms. The summed E-state index contributed by atoms with van der Waals surface area (Å²) in [6, 6.07) is 3.62. The lowest BCUT2D eigenvalue weighted by Gasteiger charge is -2.30. The fraction of sp³-hybridized carbons (Fsp3) is 0.571. The molecule has 5 heteroatoms. The molecule has 0 aliphatic heterocycles. The Morgan fingerprint density at radius 2 is 1.47 bits per heavy atom. The van der Waals surface area contributed by atoms with Gasteiger partial charge in [-0.15, -0.1) is 0 Å². The fourth-order valence-electron chi connectivity index (χ4n) is 2.32. The monoisotopic (exact) mass is 268 g/mol. The van der Waals surface area contributed by atoms with E-state index < -0.39 is 0 Å². The highest BCUT2D eigenvalue weighted by Gasteiger charge is 2.27. The summed E-state index contributed by atoms with van der Waals surface area (Å²) in [7, 11) is 8.84. The van der Waals surface area contributed by atoms with Crippen LogP contribution in [-0.4, -0.2) is 46.4 Å². The predicted molar refractivity (Wildman–Crippen MR) is 76.2 cm³/mol. The quantitative estimate of drug-likeness (QED) is 0.850. The topological polar surface area (TPSA) is 57.0 Å². The van der Waals surface area contributed by atoms with Crippen molar-refractivity contribution in [2.45, 2.75) is 19.0 Å². The molecular weight excluding hydrogens is 244 g/mol. The van der Waals surface area contributed by atoms with Gasteiger partial charge in [0.2, 0.25) is 0 Å². The number of nitrogens with two attached hydrogens (primary N) is 1. The van der Waals surface area contributed by atoms with Crippen LogP contribution in [0.5, 0.6) is 17.2 Å². The lowest BCUT2D eigenvalue weighted by Crippen LogP contribution is -2.35. The fourth-order valence-corrected chi connectivity index (χ4v) is 2.32. The normalized spacial score (nSPS) is 14.1. The molecule has 0 aromatic heterocycles. The minimum atomic E-state index is -0.0637. The highest BCUT2D eigenvalue weighted by atomic mass is 16.5. The van der Waals surface area contributed by atoms with Crippen molar-refractivity contribution >= 4 is 0 Å². The van der Waals surface area contributed by atoms with Gasteiger partial charge >= 0.3 is 0 Å². The van der Waals surface area contributed by atoms with Crippen molar-refractivity contribution in [3.8, 4) is 17.2 Å². The van der Waals surface area contributed by atoms with E-state index in [4.69, 9.17) is 19.9 Å². The van der Waals surface area contributed by atoms with Gasteiger partial charge in [-0.1, -0.05) is 0 Å². The first kappa shape index (κ1) is 15.6. The average Bonchev–Trinajstić information content (AvgIpc) is 2.37. The SMILES string of the molecule is COc1cc(OC)c(C(C(C)N)N(C)C)c(OC)c1. The van der Waals surface area contributed by atoms with E-state index in [1.165, 1.54) is 0 Å². The minimum absolute atomic E-state index is 0.00388. The van der Waals surface area contributed by atoms with Crippen LogP contribution in [0.4, 0.5) is 0 Å². The van der Waals surface area contributed by atoms with Crippen molar-refractivity contribution in [1.82, 2.24) is 4.90 Å². The third-order valence-corrected chi connectivity index (χ3v) is 3.10. The molecule has 1 rings (SSSR count). The first-order valence-corrected chi connectivity index (χ1v) is 6.18. The Bertz CT molecular complexity index is 386. The second kappa shape index (κ2) is 6.63. The molecule has 0 fully saturated rings. The third kappa shape index (κ3) is 3.30. The van der Waals surface area contributed by atoms with Crippen molar-refractivity contribution in [2.75, 3.05) is 35.4 Å². The predicted octanol–water partition coefficient (Wildman–Crippen LogP) is 1.66. The van der Waals surface area contributed by atoms with Crippen LogP contribution in [-0.2, 0) is 0 Å². The van der Waals surface area contributed by atoms with Crippen LogP contribution >= 0.6 is 0 Å². The summed E-state index contributed by atoms with van der Waals surface area (Å²) < 4.78 is 16.2. The highest BCUT2D eigenvalue weighted by molar-refractivity contribution is 5.52. The first-order chi connectivity index (χ1) is 8.96. The highest BCUT2D eigenvalue weighted by Crippen LogP contribution is 2.40. The summed E-state index contributed by atoms with van der Waals surface area (Å²) in [4.78, 5) is 2.05. The molecule has 2 atom stereocenters. The van der Waals surface area contributed by atoms with Crippen molar-refractivity contribution in [3.63, 3.8) is 0 Å². The smallest absolute Gasteiger partial charge is 0.131 e. The van der Waals surface area contributed by atoms with Crippen LogP contribution in [0.3, 0.4) is 0 Å². The van der Waals surface area contributed by atoms with Crippen LogP contribution < -0.4 is 19.9 Å². The summed E-state index contributed by atoms with van der Waals surface area (Å²) in [6.45, 7) is 1.97. The molecule has 0 aliphatic carbocycles. The van der Waals surface area contributed by atoms with E-state index in [2.05, 4.69) is 4.90 Å². The van der Waals surface area contributed by atoms with E-state index in [0.717, 1.165) is 5.56 Å². The molecule has 0 amide bonds. The molecule has 0 radical (unpaired) electrons. The largest absolute Gasteiger partial charge is 0.496 e. The molecule has 0 aliphatic rings. The van der Waals surface area contributed by atoms with E-state index in [1.54, 1.807) is 21.3 Å². The number of benzene rings is 1. The van der Waals surface area contributed by atoms with Gasteiger partial charge < -0.3 is 24.8 Å². The van der Waals surface area contributed by atoms with Gasteiger partial charge in [0.05, 0.1) is 32.9 Å². The van der Waals surface area contributed by atoms with Crippen LogP contribution in [0.25, 0.3) is 0 Å². The molecule has 2 unspecified atom stereocenters. The van der Waals surface area contributed by atoms with Gasteiger partial charge in [-0.3, -0.25) is 0 Å². The molecule has 2 N–H and O–H groups in total. The number of rotatable bonds is 6. The number of hydrogen-bond donors (Lipinski definition) is 1. The number of methoxy groups -OCH3 is 3. The lowest BCUT2D eigenvalue weighted by atomic mass is 9.97. The molecule has 108 valence electrons. The van der Waals surface area contributed by atoms with Crippen molar-refractivity contribution in [3.05, 3.63) is 17.7 Å². The maximum absolute atomic E-state index is 6.10. The number of ether oxygens (including phenoxy) is 3. The average molecular weight is 268 g/mol. The summed E-state index contributed by atoms with van der Waals surface area (Å²) in [6.07, 6.45) is 0. The van der Waals surface area contributed by atoms with Crippen LogP contribution in [0.15, 0.2) is 12.1 Å². The van der Waals surface area contributed by atoms with Gasteiger partial charge in [0.25, 0.3) is 0 Å². The second-order valence-electron chi connectivity index (χ2n) is 4.71.